The second-order valence-electron chi connectivity index (χ2n) is 14.1. The van der Waals surface area contributed by atoms with Crippen molar-refractivity contribution in [2.24, 2.45) is 23.2 Å². The van der Waals surface area contributed by atoms with Crippen LogP contribution >= 0.6 is 0 Å². The summed E-state index contributed by atoms with van der Waals surface area (Å²) >= 11 is 0. The van der Waals surface area contributed by atoms with E-state index in [0.29, 0.717) is 0 Å². The van der Waals surface area contributed by atoms with Gasteiger partial charge in [0.1, 0.15) is 36.1 Å². The van der Waals surface area contributed by atoms with Crippen molar-refractivity contribution in [2.75, 3.05) is 6.61 Å². The van der Waals surface area contributed by atoms with Crippen molar-refractivity contribution in [1.82, 2.24) is 0 Å². The molecule has 3 aliphatic rings. The Bertz CT molecular complexity index is 1480. The highest BCUT2D eigenvalue weighted by molar-refractivity contribution is 6.01. The molecule has 1 aromatic carbocycles. The van der Waals surface area contributed by atoms with E-state index in [1.807, 2.05) is 0 Å². The normalized spacial score (nSPS) is 40.0. The molecule has 13 nitrogen and oxygen atoms in total. The van der Waals surface area contributed by atoms with Crippen molar-refractivity contribution in [2.45, 2.75) is 102 Å². The van der Waals surface area contributed by atoms with Crippen LogP contribution in [0.4, 0.5) is 0 Å². The highest BCUT2D eigenvalue weighted by Gasteiger charge is 2.77. The smallest absolute Gasteiger partial charge is 0.338 e. The van der Waals surface area contributed by atoms with Gasteiger partial charge in [-0.15, -0.1) is 0 Å². The molecular weight excluding hydrogens is 616 g/mol. The Morgan fingerprint density at radius 2 is 1.53 bits per heavy atom. The van der Waals surface area contributed by atoms with Gasteiger partial charge >= 0.3 is 17.9 Å². The summed E-state index contributed by atoms with van der Waals surface area (Å²) in [6.45, 7) is 7.95. The van der Waals surface area contributed by atoms with Crippen LogP contribution in [0.2, 0.25) is 0 Å². The molecule has 0 radical (unpaired) electrons. The van der Waals surface area contributed by atoms with E-state index >= 15 is 0 Å². The lowest BCUT2D eigenvalue weighted by Crippen LogP contribution is -2.71. The summed E-state index contributed by atoms with van der Waals surface area (Å²) in [6, 6.07) is 7.70. The number of esters is 3. The molecule has 10 atom stereocenters. The summed E-state index contributed by atoms with van der Waals surface area (Å²) in [5, 5.41) is 61.3. The first kappa shape index (κ1) is 36.3. The van der Waals surface area contributed by atoms with Gasteiger partial charge in [0, 0.05) is 23.8 Å². The number of hydrogen-bond acceptors (Lipinski definition) is 13. The van der Waals surface area contributed by atoms with Crippen LogP contribution in [-0.4, -0.2) is 102 Å². The predicted molar refractivity (Wildman–Crippen MR) is 162 cm³/mol. The zero-order chi connectivity index (χ0) is 35.5. The summed E-state index contributed by atoms with van der Waals surface area (Å²) < 4.78 is 16.8. The fraction of sp³-hybridized carbons (Fsp3) is 0.618. The minimum absolute atomic E-state index is 0.0189. The van der Waals surface area contributed by atoms with Crippen molar-refractivity contribution in [3.8, 4) is 0 Å². The molecule has 4 rings (SSSR count). The number of allylic oxidation sites excluding steroid dienone is 1. The number of aliphatic hydroxyl groups is 5. The SMILES string of the molecule is C/C=C(/C)C(=O)O[C@@H]1[C@H]2[C@@H](OC(=O)c3ccccc3)[C@@H](C)C[C@]2(O)C(=O)[C@@](C)(O)[C@H]2CC(C)(C)C(=O)[C@]2(O)[C@@H](O)[C@]1(O)COC(C)=O. The zero-order valence-electron chi connectivity index (χ0n) is 27.6. The number of hydrogen-bond donors (Lipinski definition) is 5. The van der Waals surface area contributed by atoms with Gasteiger partial charge in [-0.05, 0) is 51.7 Å². The van der Waals surface area contributed by atoms with Gasteiger partial charge in [0.25, 0.3) is 0 Å². The van der Waals surface area contributed by atoms with Crippen molar-refractivity contribution < 1.29 is 63.7 Å². The fourth-order valence-corrected chi connectivity index (χ4v) is 7.72. The standard InChI is InChI=1S/C34H44O13/c1-8-17(2)25(36)47-24-22-23(46-26(37)20-12-10-9-11-13-20)18(3)14-32(22,42)28(39)31(7,41)21-15-30(5,6)27(38)34(21,44)29(40)33(24,43)16-45-19(4)35/h8-13,18,21-24,29,40-44H,14-16H2,1-7H3/b17-8-/t18-,21+,22+,23-,24+,29-,31-,32+,33-,34-/m0/s1. The molecule has 0 unspecified atom stereocenters. The maximum atomic E-state index is 14.6. The largest absolute Gasteiger partial charge is 0.463 e. The molecule has 0 spiro atoms. The number of rotatable bonds is 6. The van der Waals surface area contributed by atoms with Crippen LogP contribution in [0.25, 0.3) is 0 Å². The van der Waals surface area contributed by atoms with Crippen LogP contribution in [-0.2, 0) is 33.4 Å². The number of carbonyl (C=O) groups is 5. The third-order valence-corrected chi connectivity index (χ3v) is 10.3. The first-order valence-corrected chi connectivity index (χ1v) is 15.5. The van der Waals surface area contributed by atoms with Crippen LogP contribution in [0.3, 0.4) is 0 Å². The lowest BCUT2D eigenvalue weighted by Gasteiger charge is -2.47. The molecule has 3 saturated carbocycles. The minimum atomic E-state index is -3.14. The van der Waals surface area contributed by atoms with Crippen LogP contribution in [0, 0.1) is 23.2 Å². The van der Waals surface area contributed by atoms with Crippen molar-refractivity contribution in [3.63, 3.8) is 0 Å². The molecule has 0 saturated heterocycles. The van der Waals surface area contributed by atoms with Crippen molar-refractivity contribution >= 4 is 29.5 Å². The van der Waals surface area contributed by atoms with Gasteiger partial charge in [0.2, 0.25) is 0 Å². The van der Waals surface area contributed by atoms with E-state index in [2.05, 4.69) is 0 Å². The van der Waals surface area contributed by atoms with Gasteiger partial charge in [-0.2, -0.15) is 0 Å². The highest BCUT2D eigenvalue weighted by atomic mass is 16.6. The Balaban J connectivity index is 2.07. The Morgan fingerprint density at radius 1 is 0.936 bits per heavy atom. The lowest BCUT2D eigenvalue weighted by atomic mass is 9.68. The summed E-state index contributed by atoms with van der Waals surface area (Å²) in [6.07, 6.45) is -6.04. The minimum Gasteiger partial charge on any atom is -0.463 e. The van der Waals surface area contributed by atoms with Gasteiger partial charge < -0.3 is 39.7 Å². The molecule has 0 amide bonds. The Kier molecular flexibility index (Phi) is 9.43. The Labute approximate surface area is 272 Å². The summed E-state index contributed by atoms with van der Waals surface area (Å²) in [7, 11) is 0. The number of fused-ring (bicyclic) bond motifs is 2. The number of aliphatic hydroxyl groups excluding tert-OH is 1. The molecule has 258 valence electrons. The van der Waals surface area contributed by atoms with Gasteiger partial charge in [-0.1, -0.05) is 45.0 Å². The summed E-state index contributed by atoms with van der Waals surface area (Å²) in [5.41, 5.74) is -13.2. The third-order valence-electron chi connectivity index (χ3n) is 10.3. The molecule has 47 heavy (non-hydrogen) atoms. The molecule has 1 aromatic rings. The number of ether oxygens (including phenoxy) is 3. The molecule has 0 heterocycles. The topological polar surface area (TPSA) is 214 Å². The van der Waals surface area contributed by atoms with E-state index in [4.69, 9.17) is 14.2 Å². The van der Waals surface area contributed by atoms with Gasteiger partial charge in [0.05, 0.1) is 11.5 Å². The summed E-state index contributed by atoms with van der Waals surface area (Å²) in [4.78, 5) is 67.4. The van der Waals surface area contributed by atoms with E-state index in [-0.39, 0.29) is 17.6 Å². The molecule has 3 aliphatic carbocycles. The second-order valence-corrected chi connectivity index (χ2v) is 14.1. The van der Waals surface area contributed by atoms with Crippen molar-refractivity contribution in [3.05, 3.63) is 47.5 Å². The number of benzene rings is 1. The molecule has 3 fully saturated rings. The molecule has 5 N–H and O–H groups in total. The van der Waals surface area contributed by atoms with Crippen LogP contribution in [0.5, 0.6) is 0 Å². The fourth-order valence-electron chi connectivity index (χ4n) is 7.72. The van der Waals surface area contributed by atoms with E-state index in [1.54, 1.807) is 18.2 Å². The summed E-state index contributed by atoms with van der Waals surface area (Å²) in [5.74, 6) is -10.0. The lowest BCUT2D eigenvalue weighted by molar-refractivity contribution is -0.255. The maximum Gasteiger partial charge on any atom is 0.338 e. The van der Waals surface area contributed by atoms with Crippen LogP contribution < -0.4 is 0 Å². The van der Waals surface area contributed by atoms with Gasteiger partial charge in [0.15, 0.2) is 22.8 Å². The van der Waals surface area contributed by atoms with E-state index in [9.17, 15) is 49.5 Å². The van der Waals surface area contributed by atoms with Crippen LogP contribution in [0.15, 0.2) is 42.0 Å². The number of ketones is 2. The zero-order valence-corrected chi connectivity index (χ0v) is 27.6. The van der Waals surface area contributed by atoms with Gasteiger partial charge in [-0.25, -0.2) is 9.59 Å². The first-order valence-electron chi connectivity index (χ1n) is 15.5. The predicted octanol–water partition coefficient (Wildman–Crippen LogP) is 0.812. The van der Waals surface area contributed by atoms with Crippen LogP contribution in [0.1, 0.15) is 71.7 Å². The highest BCUT2D eigenvalue weighted by Crippen LogP contribution is 2.58. The number of Topliss-reactive ketones (excluding diaryl/α,β-unsaturated/α-hetero) is 2. The maximum absolute atomic E-state index is 14.6. The van der Waals surface area contributed by atoms with E-state index in [1.165, 1.54) is 52.8 Å². The van der Waals surface area contributed by atoms with E-state index in [0.717, 1.165) is 13.8 Å². The second kappa shape index (κ2) is 12.2. The van der Waals surface area contributed by atoms with E-state index < -0.39 is 106 Å². The van der Waals surface area contributed by atoms with Gasteiger partial charge in [-0.3, -0.25) is 14.4 Å². The van der Waals surface area contributed by atoms with Crippen molar-refractivity contribution in [1.29, 1.82) is 0 Å². The first-order chi connectivity index (χ1) is 21.6. The Morgan fingerprint density at radius 3 is 2.09 bits per heavy atom. The molecule has 0 aliphatic heterocycles. The quantitative estimate of drug-likeness (QED) is 0.163. The number of carbonyl (C=O) groups excluding carboxylic acids is 5. The average Bonchev–Trinajstić information content (AvgIpc) is 3.38. The molecular formula is C34H44O13. The Hall–Kier alpha value is -3.49. The monoisotopic (exact) mass is 660 g/mol. The molecule has 13 heteroatoms. The third kappa shape index (κ3) is 5.71. The molecule has 0 bridgehead atoms. The molecule has 0 aromatic heterocycles. The average molecular weight is 661 g/mol.